The average molecular weight is 303 g/mol. The first kappa shape index (κ1) is 15.8. The predicted molar refractivity (Wildman–Crippen MR) is 90.3 cm³/mol. The molecule has 2 fully saturated rings. The van der Waals surface area contributed by atoms with Gasteiger partial charge in [0.25, 0.3) is 5.56 Å². The molecule has 0 aromatic carbocycles. The van der Waals surface area contributed by atoms with Crippen LogP contribution < -0.4 is 10.9 Å². The van der Waals surface area contributed by atoms with E-state index < -0.39 is 0 Å². The smallest absolute Gasteiger partial charge is 0.250 e. The maximum absolute atomic E-state index is 11.8. The zero-order chi connectivity index (χ0) is 15.4. The van der Waals surface area contributed by atoms with E-state index in [1.165, 1.54) is 38.8 Å². The Morgan fingerprint density at radius 1 is 1.23 bits per heavy atom. The standard InChI is InChI=1S/C18H29N3O/c1-15-6-4-8-18(22)21(15)12-3-2-10-19-16-9-13-20-11-5-7-17(20)14-16/h4,6,8,16-17,19H,2-3,5,7,9-14H2,1H3. The third-order valence-corrected chi connectivity index (χ3v) is 5.33. The fourth-order valence-electron chi connectivity index (χ4n) is 4.02. The normalized spacial score (nSPS) is 25.3. The highest BCUT2D eigenvalue weighted by Gasteiger charge is 2.31. The summed E-state index contributed by atoms with van der Waals surface area (Å²) in [5.74, 6) is 0. The Kier molecular flexibility index (Phi) is 5.32. The van der Waals surface area contributed by atoms with Crippen LogP contribution in [0.25, 0.3) is 0 Å². The first-order valence-electron chi connectivity index (χ1n) is 8.88. The molecule has 4 nitrogen and oxygen atoms in total. The van der Waals surface area contributed by atoms with Crippen LogP contribution in [0.2, 0.25) is 0 Å². The summed E-state index contributed by atoms with van der Waals surface area (Å²) in [7, 11) is 0. The first-order valence-corrected chi connectivity index (χ1v) is 8.88. The van der Waals surface area contributed by atoms with Crippen molar-refractivity contribution >= 4 is 0 Å². The molecule has 2 aliphatic rings. The lowest BCUT2D eigenvalue weighted by Gasteiger charge is -2.35. The van der Waals surface area contributed by atoms with E-state index in [0.717, 1.165) is 37.7 Å². The molecule has 3 rings (SSSR count). The van der Waals surface area contributed by atoms with Crippen molar-refractivity contribution in [1.82, 2.24) is 14.8 Å². The van der Waals surface area contributed by atoms with Gasteiger partial charge < -0.3 is 14.8 Å². The highest BCUT2D eigenvalue weighted by Crippen LogP contribution is 2.26. The molecule has 2 saturated heterocycles. The van der Waals surface area contributed by atoms with Crippen molar-refractivity contribution in [1.29, 1.82) is 0 Å². The van der Waals surface area contributed by atoms with E-state index in [9.17, 15) is 4.79 Å². The SMILES string of the molecule is Cc1cccc(=O)n1CCCCNC1CCN2CCCC2C1. The van der Waals surface area contributed by atoms with Gasteiger partial charge in [0, 0.05) is 30.4 Å². The van der Waals surface area contributed by atoms with Crippen molar-refractivity contribution in [3.63, 3.8) is 0 Å². The minimum absolute atomic E-state index is 0.126. The van der Waals surface area contributed by atoms with Gasteiger partial charge in [-0.05, 0) is 71.1 Å². The Morgan fingerprint density at radius 2 is 2.14 bits per heavy atom. The van der Waals surface area contributed by atoms with Crippen molar-refractivity contribution in [2.75, 3.05) is 19.6 Å². The van der Waals surface area contributed by atoms with E-state index in [1.54, 1.807) is 6.07 Å². The second-order valence-corrected chi connectivity index (χ2v) is 6.87. The number of hydrogen-bond acceptors (Lipinski definition) is 3. The summed E-state index contributed by atoms with van der Waals surface area (Å²) in [4.78, 5) is 14.5. The Hall–Kier alpha value is -1.13. The molecule has 2 unspecified atom stereocenters. The van der Waals surface area contributed by atoms with Gasteiger partial charge in [-0.15, -0.1) is 0 Å². The van der Waals surface area contributed by atoms with Gasteiger partial charge in [0.05, 0.1) is 0 Å². The van der Waals surface area contributed by atoms with Crippen LogP contribution in [0, 0.1) is 6.92 Å². The van der Waals surface area contributed by atoms with Gasteiger partial charge in [-0.1, -0.05) is 6.07 Å². The van der Waals surface area contributed by atoms with E-state index in [2.05, 4.69) is 10.2 Å². The number of aryl methyl sites for hydroxylation is 1. The fraction of sp³-hybridized carbons (Fsp3) is 0.722. The van der Waals surface area contributed by atoms with Gasteiger partial charge >= 0.3 is 0 Å². The van der Waals surface area contributed by atoms with E-state index in [0.29, 0.717) is 6.04 Å². The summed E-state index contributed by atoms with van der Waals surface area (Å²) in [6, 6.07) is 7.05. The fourth-order valence-corrected chi connectivity index (χ4v) is 4.02. The topological polar surface area (TPSA) is 37.3 Å². The molecule has 0 bridgehead atoms. The third-order valence-electron chi connectivity index (χ3n) is 5.33. The van der Waals surface area contributed by atoms with E-state index >= 15 is 0 Å². The van der Waals surface area contributed by atoms with Crippen LogP contribution in [0.5, 0.6) is 0 Å². The third kappa shape index (κ3) is 3.79. The van der Waals surface area contributed by atoms with Gasteiger partial charge in [0.15, 0.2) is 0 Å². The summed E-state index contributed by atoms with van der Waals surface area (Å²) in [5.41, 5.74) is 1.19. The van der Waals surface area contributed by atoms with Crippen molar-refractivity contribution in [3.05, 3.63) is 34.2 Å². The predicted octanol–water partition coefficient (Wildman–Crippen LogP) is 2.15. The van der Waals surface area contributed by atoms with Crippen LogP contribution in [0.3, 0.4) is 0 Å². The van der Waals surface area contributed by atoms with Crippen LogP contribution in [-0.4, -0.2) is 41.2 Å². The second kappa shape index (κ2) is 7.42. The molecule has 0 radical (unpaired) electrons. The number of aromatic nitrogens is 1. The average Bonchev–Trinajstić information content (AvgIpc) is 2.97. The molecule has 2 atom stereocenters. The molecule has 3 heterocycles. The monoisotopic (exact) mass is 303 g/mol. The van der Waals surface area contributed by atoms with Gasteiger partial charge in [0.2, 0.25) is 0 Å². The summed E-state index contributed by atoms with van der Waals surface area (Å²) in [6.07, 6.45) is 7.63. The van der Waals surface area contributed by atoms with E-state index in [-0.39, 0.29) is 5.56 Å². The van der Waals surface area contributed by atoms with Crippen LogP contribution in [0.1, 0.15) is 44.2 Å². The molecule has 1 aromatic rings. The lowest BCUT2D eigenvalue weighted by Crippen LogP contribution is -2.45. The molecular weight excluding hydrogens is 274 g/mol. The quantitative estimate of drug-likeness (QED) is 0.818. The maximum atomic E-state index is 11.8. The Bertz CT molecular complexity index is 539. The van der Waals surface area contributed by atoms with E-state index in [4.69, 9.17) is 0 Å². The molecule has 1 N–H and O–H groups in total. The lowest BCUT2D eigenvalue weighted by molar-refractivity contribution is 0.167. The van der Waals surface area contributed by atoms with Gasteiger partial charge in [0.1, 0.15) is 0 Å². The number of rotatable bonds is 6. The molecule has 0 spiro atoms. The number of nitrogens with zero attached hydrogens (tertiary/aromatic N) is 2. The van der Waals surface area contributed by atoms with Crippen LogP contribution >= 0.6 is 0 Å². The Morgan fingerprint density at radius 3 is 3.00 bits per heavy atom. The van der Waals surface area contributed by atoms with Crippen molar-refractivity contribution in [2.24, 2.45) is 0 Å². The largest absolute Gasteiger partial charge is 0.314 e. The summed E-state index contributed by atoms with van der Waals surface area (Å²) in [6.45, 7) is 6.53. The number of piperidine rings is 1. The summed E-state index contributed by atoms with van der Waals surface area (Å²) in [5, 5.41) is 3.74. The van der Waals surface area contributed by atoms with Crippen LogP contribution in [0.4, 0.5) is 0 Å². The van der Waals surface area contributed by atoms with Crippen LogP contribution in [-0.2, 0) is 6.54 Å². The molecule has 4 heteroatoms. The van der Waals surface area contributed by atoms with Crippen molar-refractivity contribution in [2.45, 2.75) is 64.1 Å². The van der Waals surface area contributed by atoms with Gasteiger partial charge in [-0.2, -0.15) is 0 Å². The lowest BCUT2D eigenvalue weighted by atomic mass is 9.97. The molecule has 1 aromatic heterocycles. The van der Waals surface area contributed by atoms with Gasteiger partial charge in [-0.3, -0.25) is 4.79 Å². The highest BCUT2D eigenvalue weighted by atomic mass is 16.1. The zero-order valence-electron chi connectivity index (χ0n) is 13.8. The van der Waals surface area contributed by atoms with Gasteiger partial charge in [-0.25, -0.2) is 0 Å². The zero-order valence-corrected chi connectivity index (χ0v) is 13.8. The number of pyridine rings is 1. The first-order chi connectivity index (χ1) is 10.7. The molecule has 122 valence electrons. The Labute approximate surface area is 133 Å². The molecular formula is C18H29N3O. The number of hydrogen-bond donors (Lipinski definition) is 1. The molecule has 22 heavy (non-hydrogen) atoms. The number of nitrogens with one attached hydrogen (secondary N) is 1. The number of fused-ring (bicyclic) bond motifs is 1. The second-order valence-electron chi connectivity index (χ2n) is 6.87. The summed E-state index contributed by atoms with van der Waals surface area (Å²) >= 11 is 0. The van der Waals surface area contributed by atoms with Crippen molar-refractivity contribution < 1.29 is 0 Å². The van der Waals surface area contributed by atoms with Crippen LogP contribution in [0.15, 0.2) is 23.0 Å². The molecule has 0 aliphatic carbocycles. The highest BCUT2D eigenvalue weighted by molar-refractivity contribution is 5.04. The van der Waals surface area contributed by atoms with Crippen molar-refractivity contribution in [3.8, 4) is 0 Å². The maximum Gasteiger partial charge on any atom is 0.250 e. The minimum atomic E-state index is 0.126. The molecule has 0 amide bonds. The summed E-state index contributed by atoms with van der Waals surface area (Å²) < 4.78 is 1.89. The number of unbranched alkanes of at least 4 members (excludes halogenated alkanes) is 1. The molecule has 0 saturated carbocycles. The van der Waals surface area contributed by atoms with E-state index in [1.807, 2.05) is 23.6 Å². The minimum Gasteiger partial charge on any atom is -0.314 e. The molecule has 2 aliphatic heterocycles. The Balaban J connectivity index is 1.35.